The van der Waals surface area contributed by atoms with Gasteiger partial charge in [0.05, 0.1) is 17.1 Å². The lowest BCUT2D eigenvalue weighted by atomic mass is 10.1. The van der Waals surface area contributed by atoms with Crippen molar-refractivity contribution in [1.29, 1.82) is 0 Å². The maximum atomic E-state index is 11.7. The van der Waals surface area contributed by atoms with Gasteiger partial charge in [-0.2, -0.15) is 0 Å². The summed E-state index contributed by atoms with van der Waals surface area (Å²) in [6, 6.07) is 4.68. The van der Waals surface area contributed by atoms with Gasteiger partial charge in [-0.05, 0) is 25.1 Å². The Balaban J connectivity index is 2.75. The number of hydrogen-bond acceptors (Lipinski definition) is 3. The minimum absolute atomic E-state index is 0.209. The summed E-state index contributed by atoms with van der Waals surface area (Å²) >= 11 is 9.07. The van der Waals surface area contributed by atoms with E-state index in [-0.39, 0.29) is 10.6 Å². The van der Waals surface area contributed by atoms with Gasteiger partial charge in [-0.3, -0.25) is 4.79 Å². The van der Waals surface area contributed by atoms with Gasteiger partial charge in [-0.25, -0.2) is 4.79 Å². The predicted octanol–water partition coefficient (Wildman–Crippen LogP) is 1.67. The average Bonchev–Trinajstić information content (AvgIpc) is 2.25. The number of benzene rings is 1. The van der Waals surface area contributed by atoms with Crippen LogP contribution in [0.3, 0.4) is 0 Å². The minimum Gasteiger partial charge on any atom is -0.479 e. The number of carboxylic acids is 1. The van der Waals surface area contributed by atoms with E-state index < -0.39 is 24.0 Å². The number of hydrogen-bond donors (Lipinski definition) is 3. The molecule has 0 spiro atoms. The van der Waals surface area contributed by atoms with Crippen molar-refractivity contribution < 1.29 is 19.8 Å². The lowest BCUT2D eigenvalue weighted by molar-refractivity contribution is -0.155. The minimum atomic E-state index is -2.02. The van der Waals surface area contributed by atoms with Crippen molar-refractivity contribution in [3.8, 4) is 0 Å². The third-order valence-corrected chi connectivity index (χ3v) is 3.04. The van der Waals surface area contributed by atoms with E-state index in [0.29, 0.717) is 0 Å². The Morgan fingerprint density at radius 3 is 2.61 bits per heavy atom. The van der Waals surface area contributed by atoms with Crippen molar-refractivity contribution in [3.63, 3.8) is 0 Å². The van der Waals surface area contributed by atoms with Crippen LogP contribution in [0.1, 0.15) is 17.3 Å². The van der Waals surface area contributed by atoms with Crippen molar-refractivity contribution in [3.05, 3.63) is 33.3 Å². The van der Waals surface area contributed by atoms with Crippen LogP contribution in [0.5, 0.6) is 0 Å². The van der Waals surface area contributed by atoms with Crippen LogP contribution in [-0.4, -0.2) is 34.2 Å². The summed E-state index contributed by atoms with van der Waals surface area (Å²) in [6.45, 7) is 0.687. The van der Waals surface area contributed by atoms with Gasteiger partial charge >= 0.3 is 5.97 Å². The summed E-state index contributed by atoms with van der Waals surface area (Å²) in [6.07, 6.45) is 0. The fourth-order valence-electron chi connectivity index (χ4n) is 1.10. The second-order valence-electron chi connectivity index (χ2n) is 3.89. The summed E-state index contributed by atoms with van der Waals surface area (Å²) in [5.41, 5.74) is -1.81. The standard InChI is InChI=1S/C11H11BrClNO4/c1-11(18,10(16)17)5-14-9(15)7-3-2-6(12)4-8(7)13/h2-4,18H,5H2,1H3,(H,14,15)(H,16,17). The highest BCUT2D eigenvalue weighted by Gasteiger charge is 2.30. The highest BCUT2D eigenvalue weighted by Crippen LogP contribution is 2.21. The van der Waals surface area contributed by atoms with Crippen molar-refractivity contribution in [2.45, 2.75) is 12.5 Å². The molecule has 1 atom stereocenters. The van der Waals surface area contributed by atoms with Gasteiger partial charge in [0, 0.05) is 4.47 Å². The van der Waals surface area contributed by atoms with Gasteiger partial charge in [-0.1, -0.05) is 27.5 Å². The van der Waals surface area contributed by atoms with Gasteiger partial charge in [0.1, 0.15) is 0 Å². The van der Waals surface area contributed by atoms with Crippen LogP contribution < -0.4 is 5.32 Å². The maximum Gasteiger partial charge on any atom is 0.337 e. The molecular weight excluding hydrogens is 325 g/mol. The summed E-state index contributed by atoms with van der Waals surface area (Å²) in [4.78, 5) is 22.4. The van der Waals surface area contributed by atoms with Gasteiger partial charge < -0.3 is 15.5 Å². The third kappa shape index (κ3) is 3.69. The zero-order valence-electron chi connectivity index (χ0n) is 9.41. The second kappa shape index (κ2) is 5.69. The second-order valence-corrected chi connectivity index (χ2v) is 5.21. The molecule has 0 aliphatic heterocycles. The largest absolute Gasteiger partial charge is 0.479 e. The predicted molar refractivity (Wildman–Crippen MR) is 69.7 cm³/mol. The molecule has 3 N–H and O–H groups in total. The number of halogens is 2. The molecule has 1 aromatic carbocycles. The first-order chi connectivity index (χ1) is 8.24. The molecule has 98 valence electrons. The number of carboxylic acid groups (broad SMARTS) is 1. The van der Waals surface area contributed by atoms with E-state index >= 15 is 0 Å². The van der Waals surface area contributed by atoms with Gasteiger partial charge in [-0.15, -0.1) is 0 Å². The van der Waals surface area contributed by atoms with Crippen LogP contribution in [-0.2, 0) is 4.79 Å². The quantitative estimate of drug-likeness (QED) is 0.780. The van der Waals surface area contributed by atoms with E-state index in [2.05, 4.69) is 21.2 Å². The monoisotopic (exact) mass is 335 g/mol. The molecule has 5 nitrogen and oxygen atoms in total. The molecule has 0 bridgehead atoms. The molecule has 0 radical (unpaired) electrons. The lowest BCUT2D eigenvalue weighted by Gasteiger charge is -2.18. The first-order valence-corrected chi connectivity index (χ1v) is 6.10. The lowest BCUT2D eigenvalue weighted by Crippen LogP contribution is -2.46. The van der Waals surface area contributed by atoms with Crippen molar-refractivity contribution >= 4 is 39.4 Å². The van der Waals surface area contributed by atoms with E-state index in [1.807, 2.05) is 0 Å². The molecule has 0 fully saturated rings. The van der Waals surface area contributed by atoms with Crippen LogP contribution in [0.4, 0.5) is 0 Å². The SMILES string of the molecule is CC(O)(CNC(=O)c1ccc(Br)cc1Cl)C(=O)O. The van der Waals surface area contributed by atoms with Crippen molar-refractivity contribution in [1.82, 2.24) is 5.32 Å². The Morgan fingerprint density at radius 2 is 2.11 bits per heavy atom. The van der Waals surface area contributed by atoms with Crippen LogP contribution >= 0.6 is 27.5 Å². The molecule has 0 aliphatic carbocycles. The van der Waals surface area contributed by atoms with E-state index in [1.165, 1.54) is 6.07 Å². The van der Waals surface area contributed by atoms with Crippen LogP contribution in [0.15, 0.2) is 22.7 Å². The molecule has 0 aromatic heterocycles. The summed E-state index contributed by atoms with van der Waals surface area (Å²) in [7, 11) is 0. The zero-order valence-corrected chi connectivity index (χ0v) is 11.7. The van der Waals surface area contributed by atoms with E-state index in [4.69, 9.17) is 16.7 Å². The molecule has 0 saturated carbocycles. The highest BCUT2D eigenvalue weighted by atomic mass is 79.9. The molecule has 1 amide bonds. The molecule has 1 aromatic rings. The van der Waals surface area contributed by atoms with Gasteiger partial charge in [0.2, 0.25) is 0 Å². The molecule has 0 saturated heterocycles. The molecule has 1 unspecified atom stereocenters. The Hall–Kier alpha value is -1.11. The number of carbonyl (C=O) groups is 2. The number of aliphatic hydroxyl groups is 1. The third-order valence-electron chi connectivity index (χ3n) is 2.23. The van der Waals surface area contributed by atoms with Crippen molar-refractivity contribution in [2.75, 3.05) is 6.54 Å². The number of carbonyl (C=O) groups excluding carboxylic acids is 1. The van der Waals surface area contributed by atoms with Crippen molar-refractivity contribution in [2.24, 2.45) is 0 Å². The Labute approximate surface area is 117 Å². The summed E-state index contributed by atoms with van der Waals surface area (Å²) in [5.74, 6) is -1.96. The van der Waals surface area contributed by atoms with E-state index in [1.54, 1.807) is 12.1 Å². The molecule has 18 heavy (non-hydrogen) atoms. The fourth-order valence-corrected chi connectivity index (χ4v) is 1.86. The fraction of sp³-hybridized carbons (Fsp3) is 0.273. The number of aliphatic carboxylic acids is 1. The molecule has 0 aliphatic rings. The molecular formula is C11H11BrClNO4. The summed E-state index contributed by atoms with van der Waals surface area (Å²) < 4.78 is 0.724. The Kier molecular flexibility index (Phi) is 4.72. The van der Waals surface area contributed by atoms with E-state index in [0.717, 1.165) is 11.4 Å². The average molecular weight is 337 g/mol. The van der Waals surface area contributed by atoms with E-state index in [9.17, 15) is 14.7 Å². The maximum absolute atomic E-state index is 11.7. The number of amides is 1. The smallest absolute Gasteiger partial charge is 0.337 e. The van der Waals surface area contributed by atoms with Gasteiger partial charge in [0.25, 0.3) is 5.91 Å². The molecule has 1 rings (SSSR count). The zero-order chi connectivity index (χ0) is 13.9. The Bertz CT molecular complexity index is 490. The summed E-state index contributed by atoms with van der Waals surface area (Å²) in [5, 5.41) is 20.7. The number of nitrogens with one attached hydrogen (secondary N) is 1. The highest BCUT2D eigenvalue weighted by molar-refractivity contribution is 9.10. The van der Waals surface area contributed by atoms with Crippen LogP contribution in [0, 0.1) is 0 Å². The normalized spacial score (nSPS) is 13.8. The topological polar surface area (TPSA) is 86.6 Å². The molecule has 7 heteroatoms. The van der Waals surface area contributed by atoms with Crippen LogP contribution in [0.2, 0.25) is 5.02 Å². The van der Waals surface area contributed by atoms with Gasteiger partial charge in [0.15, 0.2) is 5.60 Å². The van der Waals surface area contributed by atoms with Crippen LogP contribution in [0.25, 0.3) is 0 Å². The first-order valence-electron chi connectivity index (χ1n) is 4.93. The first kappa shape index (κ1) is 14.9. The Morgan fingerprint density at radius 1 is 1.50 bits per heavy atom. The molecule has 0 heterocycles. The number of rotatable bonds is 4.